The highest BCUT2D eigenvalue weighted by molar-refractivity contribution is 5.76. The summed E-state index contributed by atoms with van der Waals surface area (Å²) in [5, 5.41) is 20.0. The van der Waals surface area contributed by atoms with Gasteiger partial charge in [0.25, 0.3) is 5.56 Å². The summed E-state index contributed by atoms with van der Waals surface area (Å²) in [5.74, 6) is 5.36. The Morgan fingerprint density at radius 1 is 1.61 bits per heavy atom. The summed E-state index contributed by atoms with van der Waals surface area (Å²) in [6.45, 7) is 1.16. The Morgan fingerprint density at radius 2 is 2.35 bits per heavy atom. The van der Waals surface area contributed by atoms with E-state index in [1.807, 2.05) is 0 Å². The molecule has 1 aliphatic heterocycles. The minimum absolute atomic E-state index is 0.0519. The van der Waals surface area contributed by atoms with Crippen LogP contribution in [0.2, 0.25) is 0 Å². The van der Waals surface area contributed by atoms with Crippen molar-refractivity contribution >= 4 is 17.0 Å². The summed E-state index contributed by atoms with van der Waals surface area (Å²) in [4.78, 5) is 18.4. The second-order valence-corrected chi connectivity index (χ2v) is 5.37. The van der Waals surface area contributed by atoms with Crippen molar-refractivity contribution in [3.05, 3.63) is 22.6 Å². The molecule has 9 nitrogen and oxygen atoms in total. The van der Waals surface area contributed by atoms with Crippen molar-refractivity contribution in [2.75, 3.05) is 12.3 Å². The Hall–Kier alpha value is -2.38. The van der Waals surface area contributed by atoms with Crippen LogP contribution in [-0.2, 0) is 4.74 Å². The number of aromatic nitrogens is 3. The Morgan fingerprint density at radius 3 is 3.00 bits per heavy atom. The molecule has 0 radical (unpaired) electrons. The minimum atomic E-state index is -1.47. The number of rotatable bonds is 2. The highest BCUT2D eigenvalue weighted by Crippen LogP contribution is 2.37. The van der Waals surface area contributed by atoms with Gasteiger partial charge in [0, 0.05) is 6.20 Å². The predicted molar refractivity (Wildman–Crippen MR) is 82.1 cm³/mol. The summed E-state index contributed by atoms with van der Waals surface area (Å²) in [6, 6.07) is 1.54. The van der Waals surface area contributed by atoms with Crippen molar-refractivity contribution in [3.8, 4) is 11.8 Å². The van der Waals surface area contributed by atoms with Gasteiger partial charge >= 0.3 is 0 Å². The number of nitrogen functional groups attached to an aromatic ring is 1. The Balaban J connectivity index is 2.20. The number of ether oxygens (including phenoxy) is 1. The van der Waals surface area contributed by atoms with Crippen molar-refractivity contribution in [1.82, 2.24) is 14.5 Å². The first-order valence-corrected chi connectivity index (χ1v) is 6.96. The highest BCUT2D eigenvalue weighted by Gasteiger charge is 2.54. The quantitative estimate of drug-likeness (QED) is 0.413. The summed E-state index contributed by atoms with van der Waals surface area (Å²) >= 11 is 0. The molecule has 1 saturated heterocycles. The van der Waals surface area contributed by atoms with Crippen LogP contribution in [0.1, 0.15) is 13.2 Å². The number of hydrogen-bond donors (Lipinski definition) is 5. The molecule has 7 N–H and O–H groups in total. The molecule has 0 saturated carbocycles. The van der Waals surface area contributed by atoms with Gasteiger partial charge in [0.05, 0.1) is 12.0 Å². The fourth-order valence-electron chi connectivity index (χ4n) is 2.85. The number of aliphatic hydroxyl groups excluding tert-OH is 2. The average molecular weight is 319 g/mol. The number of H-pyrrole nitrogens is 1. The molecule has 0 aromatic carbocycles. The van der Waals surface area contributed by atoms with Gasteiger partial charge in [-0.1, -0.05) is 5.92 Å². The standard InChI is InChI=1S/C14H17N5O4/c1-2-4-14(16)9(21)8(6-20)23-12(14)19-5-3-7-10(19)17-13(15)18-11(7)22/h3,5,8-9,12,20-21H,6,16H2,1H3,(H3,15,17,18,22)/t8-,9?,12-,14-/m1/s1. The van der Waals surface area contributed by atoms with E-state index in [-0.39, 0.29) is 11.6 Å². The molecule has 23 heavy (non-hydrogen) atoms. The molecule has 0 spiro atoms. The third kappa shape index (κ3) is 2.20. The third-order valence-electron chi connectivity index (χ3n) is 3.93. The molecule has 2 aromatic rings. The monoisotopic (exact) mass is 319 g/mol. The summed E-state index contributed by atoms with van der Waals surface area (Å²) in [5.41, 5.74) is 10.2. The Labute approximate surface area is 130 Å². The van der Waals surface area contributed by atoms with E-state index >= 15 is 0 Å². The van der Waals surface area contributed by atoms with Crippen LogP contribution in [0.25, 0.3) is 11.0 Å². The van der Waals surface area contributed by atoms with Gasteiger partial charge in [-0.25, -0.2) is 0 Å². The number of nitrogens with zero attached hydrogens (tertiary/aromatic N) is 2. The molecule has 0 bridgehead atoms. The number of aromatic amines is 1. The lowest BCUT2D eigenvalue weighted by molar-refractivity contribution is -0.0445. The SMILES string of the molecule is CC#C[C@@]1(N)C(O)[C@@H](CO)O[C@H]1n1ccc2c(=O)[nH]c(N)nc21. The predicted octanol–water partition coefficient (Wildman–Crippen LogP) is -1.72. The minimum Gasteiger partial charge on any atom is -0.394 e. The zero-order chi connectivity index (χ0) is 16.8. The van der Waals surface area contributed by atoms with E-state index in [1.54, 1.807) is 19.2 Å². The number of fused-ring (bicyclic) bond motifs is 1. The number of aliphatic hydroxyl groups is 2. The number of anilines is 1. The van der Waals surface area contributed by atoms with Crippen LogP contribution < -0.4 is 17.0 Å². The van der Waals surface area contributed by atoms with Gasteiger partial charge in [0.15, 0.2) is 17.4 Å². The lowest BCUT2D eigenvalue weighted by Crippen LogP contribution is -2.53. The maximum absolute atomic E-state index is 11.9. The molecular formula is C14H17N5O4. The van der Waals surface area contributed by atoms with Crippen LogP contribution in [0.4, 0.5) is 5.95 Å². The van der Waals surface area contributed by atoms with Crippen LogP contribution in [0.5, 0.6) is 0 Å². The van der Waals surface area contributed by atoms with Crippen LogP contribution in [0, 0.1) is 11.8 Å². The van der Waals surface area contributed by atoms with E-state index in [9.17, 15) is 15.0 Å². The molecule has 1 fully saturated rings. The first-order valence-electron chi connectivity index (χ1n) is 6.96. The molecule has 9 heteroatoms. The van der Waals surface area contributed by atoms with Gasteiger partial charge < -0.3 is 31.0 Å². The van der Waals surface area contributed by atoms with Gasteiger partial charge in [-0.2, -0.15) is 4.98 Å². The van der Waals surface area contributed by atoms with E-state index in [1.165, 1.54) is 4.57 Å². The molecule has 3 heterocycles. The second-order valence-electron chi connectivity index (χ2n) is 5.37. The summed E-state index contributed by atoms with van der Waals surface area (Å²) in [7, 11) is 0. The molecular weight excluding hydrogens is 302 g/mol. The van der Waals surface area contributed by atoms with Gasteiger partial charge in [0.1, 0.15) is 12.2 Å². The number of nitrogens with one attached hydrogen (secondary N) is 1. The van der Waals surface area contributed by atoms with Crippen molar-refractivity contribution < 1.29 is 14.9 Å². The average Bonchev–Trinajstić information content (AvgIpc) is 3.01. The maximum Gasteiger partial charge on any atom is 0.261 e. The van der Waals surface area contributed by atoms with Crippen LogP contribution in [0.15, 0.2) is 17.1 Å². The van der Waals surface area contributed by atoms with Gasteiger partial charge in [0.2, 0.25) is 5.95 Å². The molecule has 2 aromatic heterocycles. The van der Waals surface area contributed by atoms with E-state index in [2.05, 4.69) is 21.8 Å². The number of nitrogens with two attached hydrogens (primary N) is 2. The van der Waals surface area contributed by atoms with E-state index < -0.39 is 36.1 Å². The fourth-order valence-corrected chi connectivity index (χ4v) is 2.85. The van der Waals surface area contributed by atoms with Crippen LogP contribution in [-0.4, -0.2) is 49.1 Å². The van der Waals surface area contributed by atoms with E-state index in [4.69, 9.17) is 16.2 Å². The van der Waals surface area contributed by atoms with Crippen molar-refractivity contribution in [2.45, 2.75) is 30.9 Å². The molecule has 0 aliphatic carbocycles. The molecule has 1 aliphatic rings. The first-order chi connectivity index (χ1) is 10.9. The van der Waals surface area contributed by atoms with Crippen molar-refractivity contribution in [3.63, 3.8) is 0 Å². The van der Waals surface area contributed by atoms with Gasteiger partial charge in [-0.3, -0.25) is 9.78 Å². The van der Waals surface area contributed by atoms with Gasteiger partial charge in [-0.15, -0.1) is 5.92 Å². The molecule has 122 valence electrons. The molecule has 0 amide bonds. The van der Waals surface area contributed by atoms with Crippen molar-refractivity contribution in [2.24, 2.45) is 5.73 Å². The lowest BCUT2D eigenvalue weighted by atomic mass is 9.91. The van der Waals surface area contributed by atoms with Crippen molar-refractivity contribution in [1.29, 1.82) is 0 Å². The number of hydrogen-bond acceptors (Lipinski definition) is 7. The lowest BCUT2D eigenvalue weighted by Gasteiger charge is -2.28. The Kier molecular flexibility index (Phi) is 3.62. The smallest absolute Gasteiger partial charge is 0.261 e. The molecule has 1 unspecified atom stereocenters. The van der Waals surface area contributed by atoms with Crippen LogP contribution in [0.3, 0.4) is 0 Å². The fraction of sp³-hybridized carbons (Fsp3) is 0.429. The molecule has 3 rings (SSSR count). The van der Waals surface area contributed by atoms with Gasteiger partial charge in [-0.05, 0) is 13.0 Å². The molecule has 4 atom stereocenters. The highest BCUT2D eigenvalue weighted by atomic mass is 16.5. The largest absolute Gasteiger partial charge is 0.394 e. The maximum atomic E-state index is 11.9. The third-order valence-corrected chi connectivity index (χ3v) is 3.93. The second kappa shape index (κ2) is 5.36. The Bertz CT molecular complexity index is 863. The normalized spacial score (nSPS) is 30.3. The zero-order valence-corrected chi connectivity index (χ0v) is 12.4. The zero-order valence-electron chi connectivity index (χ0n) is 12.4. The van der Waals surface area contributed by atoms with E-state index in [0.717, 1.165) is 0 Å². The van der Waals surface area contributed by atoms with E-state index in [0.29, 0.717) is 5.39 Å². The topological polar surface area (TPSA) is 152 Å². The summed E-state index contributed by atoms with van der Waals surface area (Å²) < 4.78 is 7.16. The summed E-state index contributed by atoms with van der Waals surface area (Å²) in [6.07, 6.45) is -1.49. The van der Waals surface area contributed by atoms with Crippen LogP contribution >= 0.6 is 0 Å². The first kappa shape index (κ1) is 15.5.